The van der Waals surface area contributed by atoms with Gasteiger partial charge in [0.2, 0.25) is 6.79 Å². The van der Waals surface area contributed by atoms with Crippen LogP contribution in [0.15, 0.2) is 59.2 Å². The van der Waals surface area contributed by atoms with Gasteiger partial charge in [0, 0.05) is 16.1 Å². The number of benzene rings is 1. The Morgan fingerprint density at radius 1 is 1.06 bits per heavy atom. The van der Waals surface area contributed by atoms with E-state index in [2.05, 4.69) is 10.6 Å². The van der Waals surface area contributed by atoms with Crippen molar-refractivity contribution in [1.82, 2.24) is 4.98 Å². The normalized spacial score (nSPS) is 14.9. The van der Waals surface area contributed by atoms with Gasteiger partial charge in [-0.3, -0.25) is 4.79 Å². The molecule has 3 aromatic heterocycles. The van der Waals surface area contributed by atoms with Crippen molar-refractivity contribution in [1.29, 1.82) is 0 Å². The van der Waals surface area contributed by atoms with E-state index in [0.29, 0.717) is 0 Å². The second kappa shape index (κ2) is 9.11. The zero-order chi connectivity index (χ0) is 23.8. The molecule has 1 aromatic carbocycles. The predicted molar refractivity (Wildman–Crippen MR) is 135 cm³/mol. The number of anilines is 2. The van der Waals surface area contributed by atoms with Crippen molar-refractivity contribution >= 4 is 28.1 Å². The van der Waals surface area contributed by atoms with Gasteiger partial charge in [0.15, 0.2) is 17.3 Å². The summed E-state index contributed by atoms with van der Waals surface area (Å²) in [4.78, 5) is 19.0. The number of nitrogens with one attached hydrogen (secondary N) is 2. The first-order chi connectivity index (χ1) is 17.2. The van der Waals surface area contributed by atoms with E-state index < -0.39 is 0 Å². The number of thiophene rings is 1. The van der Waals surface area contributed by atoms with Gasteiger partial charge in [0.05, 0.1) is 12.3 Å². The monoisotopic (exact) mass is 487 g/mol. The Bertz CT molecular complexity index is 1380. The Morgan fingerprint density at radius 3 is 2.80 bits per heavy atom. The van der Waals surface area contributed by atoms with Gasteiger partial charge >= 0.3 is 0 Å². The van der Waals surface area contributed by atoms with Crippen LogP contribution in [-0.4, -0.2) is 17.7 Å². The van der Waals surface area contributed by atoms with Crippen LogP contribution in [0.3, 0.4) is 0 Å². The van der Waals surface area contributed by atoms with Crippen LogP contribution < -0.4 is 20.1 Å². The Labute approximate surface area is 207 Å². The predicted octanol–water partition coefficient (Wildman–Crippen LogP) is 6.11. The third kappa shape index (κ3) is 4.25. The Balaban J connectivity index is 1.47. The summed E-state index contributed by atoms with van der Waals surface area (Å²) in [5, 5.41) is 7.63. The highest BCUT2D eigenvalue weighted by molar-refractivity contribution is 7.16. The number of fused-ring (bicyclic) bond motifs is 2. The summed E-state index contributed by atoms with van der Waals surface area (Å²) in [6, 6.07) is 15.1. The first-order valence-corrected chi connectivity index (χ1v) is 12.6. The number of furan rings is 1. The fraction of sp³-hybridized carbons (Fsp3) is 0.259. The lowest BCUT2D eigenvalue weighted by atomic mass is 9.89. The van der Waals surface area contributed by atoms with Crippen molar-refractivity contribution < 1.29 is 18.7 Å². The van der Waals surface area contributed by atoms with Crippen molar-refractivity contribution in [3.63, 3.8) is 0 Å². The molecule has 7 nitrogen and oxygen atoms in total. The molecular weight excluding hydrogens is 462 g/mol. The number of rotatable bonds is 6. The zero-order valence-electron chi connectivity index (χ0n) is 19.3. The average molecular weight is 488 g/mol. The van der Waals surface area contributed by atoms with E-state index in [0.717, 1.165) is 64.8 Å². The molecule has 4 aromatic rings. The van der Waals surface area contributed by atoms with Gasteiger partial charge in [-0.1, -0.05) is 12.1 Å². The summed E-state index contributed by atoms with van der Waals surface area (Å²) in [6.07, 6.45) is 5.77. The fourth-order valence-electron chi connectivity index (χ4n) is 4.75. The number of amides is 1. The number of hydrogen-bond acceptors (Lipinski definition) is 7. The van der Waals surface area contributed by atoms with Gasteiger partial charge < -0.3 is 24.5 Å². The van der Waals surface area contributed by atoms with Gasteiger partial charge in [0.1, 0.15) is 10.8 Å². The molecule has 2 aliphatic rings. The minimum Gasteiger partial charge on any atom is -0.459 e. The van der Waals surface area contributed by atoms with Gasteiger partial charge in [-0.25, -0.2) is 4.98 Å². The SMILES string of the molecule is Cc1cccc(N[C@@H](c2ccc3c(c2)OCO3)c2c(NC(=O)c3ccco3)sc3c2CCCC3)n1. The smallest absolute Gasteiger partial charge is 0.291 e. The molecule has 0 bridgehead atoms. The first kappa shape index (κ1) is 21.7. The standard InChI is InChI=1S/C27H25N3O4S/c1-16-6-4-10-23(28-16)29-25(17-11-12-19-21(14-17)34-15-33-19)24-18-7-2-3-9-22(18)35-27(24)30-26(31)20-8-5-13-32-20/h4-6,8,10-14,25H,2-3,7,9,15H2,1H3,(H,28,29)(H,30,31)/t25-/m0/s1. The van der Waals surface area contributed by atoms with Crippen LogP contribution in [0.2, 0.25) is 0 Å². The lowest BCUT2D eigenvalue weighted by Gasteiger charge is -2.24. The van der Waals surface area contributed by atoms with E-state index in [1.165, 1.54) is 16.7 Å². The summed E-state index contributed by atoms with van der Waals surface area (Å²) in [5.41, 5.74) is 4.32. The van der Waals surface area contributed by atoms with Gasteiger partial charge in [-0.2, -0.15) is 0 Å². The molecule has 4 heterocycles. The maximum absolute atomic E-state index is 13.0. The number of ether oxygens (including phenoxy) is 2. The lowest BCUT2D eigenvalue weighted by Crippen LogP contribution is -2.19. The lowest BCUT2D eigenvalue weighted by molar-refractivity contribution is 0.0997. The van der Waals surface area contributed by atoms with E-state index in [4.69, 9.17) is 18.9 Å². The molecule has 1 atom stereocenters. The molecule has 0 radical (unpaired) electrons. The molecule has 0 spiro atoms. The van der Waals surface area contributed by atoms with Crippen LogP contribution in [0.5, 0.6) is 11.5 Å². The zero-order valence-corrected chi connectivity index (χ0v) is 20.1. The van der Waals surface area contributed by atoms with Crippen LogP contribution in [0, 0.1) is 6.92 Å². The van der Waals surface area contributed by atoms with Gasteiger partial charge in [0.25, 0.3) is 5.91 Å². The summed E-state index contributed by atoms with van der Waals surface area (Å²) in [7, 11) is 0. The molecule has 0 saturated carbocycles. The highest BCUT2D eigenvalue weighted by atomic mass is 32.1. The topological polar surface area (TPSA) is 85.6 Å². The van der Waals surface area contributed by atoms with Crippen LogP contribution in [0.25, 0.3) is 0 Å². The molecule has 178 valence electrons. The summed E-state index contributed by atoms with van der Waals surface area (Å²) in [6.45, 7) is 2.19. The largest absolute Gasteiger partial charge is 0.459 e. The Kier molecular flexibility index (Phi) is 5.66. The third-order valence-corrected chi connectivity index (χ3v) is 7.61. The van der Waals surface area contributed by atoms with E-state index >= 15 is 0 Å². The van der Waals surface area contributed by atoms with Crippen molar-refractivity contribution in [3.05, 3.63) is 87.8 Å². The highest BCUT2D eigenvalue weighted by Gasteiger charge is 2.30. The Morgan fingerprint density at radius 2 is 1.94 bits per heavy atom. The van der Waals surface area contributed by atoms with Crippen molar-refractivity contribution in [2.75, 3.05) is 17.4 Å². The number of carbonyl (C=O) groups excluding carboxylic acids is 1. The van der Waals surface area contributed by atoms with Crippen molar-refractivity contribution in [2.24, 2.45) is 0 Å². The molecule has 2 N–H and O–H groups in total. The number of pyridine rings is 1. The molecule has 0 fully saturated rings. The third-order valence-electron chi connectivity index (χ3n) is 6.38. The summed E-state index contributed by atoms with van der Waals surface area (Å²) >= 11 is 1.66. The molecular formula is C27H25N3O4S. The number of carbonyl (C=O) groups is 1. The van der Waals surface area contributed by atoms with Gasteiger partial charge in [-0.05, 0) is 80.1 Å². The molecule has 0 saturated heterocycles. The highest BCUT2D eigenvalue weighted by Crippen LogP contribution is 2.46. The summed E-state index contributed by atoms with van der Waals surface area (Å²) in [5.74, 6) is 2.26. The van der Waals surface area contributed by atoms with Crippen LogP contribution in [-0.2, 0) is 12.8 Å². The number of hydrogen-bond donors (Lipinski definition) is 2. The van der Waals surface area contributed by atoms with Crippen molar-refractivity contribution in [3.8, 4) is 11.5 Å². The molecule has 6 rings (SSSR count). The fourth-order valence-corrected chi connectivity index (χ4v) is 6.07. The Hall–Kier alpha value is -3.78. The molecule has 8 heteroatoms. The molecule has 35 heavy (non-hydrogen) atoms. The minimum absolute atomic E-state index is 0.217. The maximum atomic E-state index is 13.0. The second-order valence-electron chi connectivity index (χ2n) is 8.74. The van der Waals surface area contributed by atoms with Crippen LogP contribution >= 0.6 is 11.3 Å². The maximum Gasteiger partial charge on any atom is 0.291 e. The van der Waals surface area contributed by atoms with E-state index in [1.54, 1.807) is 23.5 Å². The van der Waals surface area contributed by atoms with E-state index in [-0.39, 0.29) is 24.5 Å². The second-order valence-corrected chi connectivity index (χ2v) is 9.84. The minimum atomic E-state index is -0.257. The molecule has 1 aliphatic carbocycles. The molecule has 1 aliphatic heterocycles. The van der Waals surface area contributed by atoms with Crippen LogP contribution in [0.1, 0.15) is 56.7 Å². The van der Waals surface area contributed by atoms with Crippen molar-refractivity contribution in [2.45, 2.75) is 38.6 Å². The molecule has 0 unspecified atom stereocenters. The first-order valence-electron chi connectivity index (χ1n) is 11.7. The quantitative estimate of drug-likeness (QED) is 0.342. The number of nitrogens with zero attached hydrogens (tertiary/aromatic N) is 1. The number of aryl methyl sites for hydroxylation is 2. The average Bonchev–Trinajstić information content (AvgIpc) is 3.62. The molecule has 1 amide bonds. The number of aromatic nitrogens is 1. The van der Waals surface area contributed by atoms with Gasteiger partial charge in [-0.15, -0.1) is 11.3 Å². The summed E-state index contributed by atoms with van der Waals surface area (Å²) < 4.78 is 16.6. The van der Waals surface area contributed by atoms with Crippen LogP contribution in [0.4, 0.5) is 10.8 Å². The van der Waals surface area contributed by atoms with E-state index in [9.17, 15) is 4.79 Å². The van der Waals surface area contributed by atoms with E-state index in [1.807, 2.05) is 43.3 Å².